The number of aromatic nitrogens is 2. The van der Waals surface area contributed by atoms with E-state index in [1.165, 1.54) is 35.7 Å². The van der Waals surface area contributed by atoms with Gasteiger partial charge in [0.05, 0.1) is 18.3 Å². The number of hydrogen-bond acceptors (Lipinski definition) is 8. The lowest BCUT2D eigenvalue weighted by Gasteiger charge is -2.52. The van der Waals surface area contributed by atoms with Gasteiger partial charge in [-0.25, -0.2) is 18.9 Å². The molecule has 2 aromatic heterocycles. The first kappa shape index (κ1) is 23.0. The van der Waals surface area contributed by atoms with Crippen molar-refractivity contribution < 1.29 is 35.9 Å². The van der Waals surface area contributed by atoms with Gasteiger partial charge in [-0.2, -0.15) is 17.8 Å². The summed E-state index contributed by atoms with van der Waals surface area (Å²) in [5.41, 5.74) is -0.496. The number of pyridine rings is 1. The molecule has 1 aliphatic carbocycles. The second-order valence-electron chi connectivity index (χ2n) is 7.94. The zero-order valence-corrected chi connectivity index (χ0v) is 19.1. The van der Waals surface area contributed by atoms with Crippen LogP contribution in [0.4, 0.5) is 19.4 Å². The average molecular weight is 507 g/mol. The van der Waals surface area contributed by atoms with Gasteiger partial charge in [-0.1, -0.05) is 0 Å². The SMILES string of the molecule is CNS(=O)(=O)Nc1nccc(CN2C(=O)Oc3c(ccc(Oc4ncco4)c3F)C23CCC3)c1F. The third-order valence-corrected chi connectivity index (χ3v) is 7.07. The molecule has 35 heavy (non-hydrogen) atoms. The molecule has 0 radical (unpaired) electrons. The van der Waals surface area contributed by atoms with E-state index in [2.05, 4.69) is 9.97 Å². The second-order valence-corrected chi connectivity index (χ2v) is 9.56. The number of benzene rings is 1. The van der Waals surface area contributed by atoms with Crippen LogP contribution in [-0.4, -0.2) is 36.4 Å². The first-order valence-electron chi connectivity index (χ1n) is 10.5. The Hall–Kier alpha value is -3.78. The minimum absolute atomic E-state index is 0.00444. The molecular weight excluding hydrogens is 488 g/mol. The quantitative estimate of drug-likeness (QED) is 0.497. The summed E-state index contributed by atoms with van der Waals surface area (Å²) in [7, 11) is -2.85. The van der Waals surface area contributed by atoms with Crippen LogP contribution in [0.15, 0.2) is 41.3 Å². The predicted octanol–water partition coefficient (Wildman–Crippen LogP) is 3.41. The van der Waals surface area contributed by atoms with Gasteiger partial charge in [0.1, 0.15) is 6.26 Å². The minimum Gasteiger partial charge on any atom is -0.417 e. The Balaban J connectivity index is 1.48. The van der Waals surface area contributed by atoms with Crippen molar-refractivity contribution in [2.75, 3.05) is 11.8 Å². The van der Waals surface area contributed by atoms with E-state index in [4.69, 9.17) is 13.9 Å². The first-order chi connectivity index (χ1) is 16.7. The monoisotopic (exact) mass is 507 g/mol. The van der Waals surface area contributed by atoms with Crippen LogP contribution in [0.3, 0.4) is 0 Å². The maximum absolute atomic E-state index is 15.3. The molecule has 2 aliphatic rings. The number of hydrogen-bond donors (Lipinski definition) is 2. The molecular formula is C21H19F2N5O6S. The fraction of sp³-hybridized carbons (Fsp3) is 0.286. The minimum atomic E-state index is -4.01. The lowest BCUT2D eigenvalue weighted by molar-refractivity contribution is -0.000331. The van der Waals surface area contributed by atoms with E-state index >= 15 is 8.78 Å². The smallest absolute Gasteiger partial charge is 0.416 e. The Kier molecular flexibility index (Phi) is 5.56. The molecule has 184 valence electrons. The number of nitrogens with one attached hydrogen (secondary N) is 2. The van der Waals surface area contributed by atoms with Crippen molar-refractivity contribution in [3.63, 3.8) is 0 Å². The van der Waals surface area contributed by atoms with E-state index in [1.54, 1.807) is 6.07 Å². The molecule has 1 aliphatic heterocycles. The van der Waals surface area contributed by atoms with Crippen LogP contribution in [-0.2, 0) is 22.3 Å². The number of carbonyl (C=O) groups excluding carboxylic acids is 1. The molecule has 3 heterocycles. The topological polar surface area (TPSA) is 136 Å². The highest BCUT2D eigenvalue weighted by Gasteiger charge is 2.53. The van der Waals surface area contributed by atoms with E-state index in [0.29, 0.717) is 18.4 Å². The summed E-state index contributed by atoms with van der Waals surface area (Å²) in [5.74, 6) is -2.86. The molecule has 14 heteroatoms. The fourth-order valence-electron chi connectivity index (χ4n) is 4.19. The Morgan fingerprint density at radius 3 is 2.63 bits per heavy atom. The summed E-state index contributed by atoms with van der Waals surface area (Å²) < 4.78 is 73.5. The number of amides is 1. The lowest BCUT2D eigenvalue weighted by Crippen LogP contribution is -2.57. The van der Waals surface area contributed by atoms with Crippen LogP contribution in [0, 0.1) is 11.6 Å². The van der Waals surface area contributed by atoms with Crippen LogP contribution >= 0.6 is 0 Å². The highest BCUT2D eigenvalue weighted by Crippen LogP contribution is 2.54. The van der Waals surface area contributed by atoms with Crippen LogP contribution < -0.4 is 18.9 Å². The zero-order valence-electron chi connectivity index (χ0n) is 18.2. The molecule has 1 fully saturated rings. The largest absolute Gasteiger partial charge is 0.417 e. The first-order valence-corrected chi connectivity index (χ1v) is 12.0. The number of oxazole rings is 1. The number of anilines is 1. The highest BCUT2D eigenvalue weighted by molar-refractivity contribution is 7.90. The summed E-state index contributed by atoms with van der Waals surface area (Å²) in [6.45, 7) is -0.253. The number of halogens is 2. The summed E-state index contributed by atoms with van der Waals surface area (Å²) in [6, 6.07) is 4.30. The maximum atomic E-state index is 15.3. The van der Waals surface area contributed by atoms with E-state index in [1.807, 2.05) is 9.44 Å². The van der Waals surface area contributed by atoms with Gasteiger partial charge in [0.2, 0.25) is 5.82 Å². The van der Waals surface area contributed by atoms with Gasteiger partial charge in [0, 0.05) is 24.4 Å². The Bertz CT molecular complexity index is 1400. The van der Waals surface area contributed by atoms with E-state index in [-0.39, 0.29) is 29.7 Å². The summed E-state index contributed by atoms with van der Waals surface area (Å²) >= 11 is 0. The molecule has 11 nitrogen and oxygen atoms in total. The van der Waals surface area contributed by atoms with E-state index in [0.717, 1.165) is 13.5 Å². The fourth-order valence-corrected chi connectivity index (χ4v) is 4.69. The molecule has 1 aromatic carbocycles. The van der Waals surface area contributed by atoms with Gasteiger partial charge in [0.15, 0.2) is 23.1 Å². The summed E-state index contributed by atoms with van der Waals surface area (Å²) in [6.07, 6.45) is 4.52. The number of ether oxygens (including phenoxy) is 2. The number of rotatable bonds is 7. The van der Waals surface area contributed by atoms with Crippen LogP contribution in [0.25, 0.3) is 0 Å². The Morgan fingerprint density at radius 1 is 1.17 bits per heavy atom. The van der Waals surface area contributed by atoms with Gasteiger partial charge in [-0.3, -0.25) is 9.62 Å². The highest BCUT2D eigenvalue weighted by atomic mass is 32.2. The van der Waals surface area contributed by atoms with Crippen molar-refractivity contribution in [1.82, 2.24) is 19.6 Å². The zero-order chi connectivity index (χ0) is 24.8. The van der Waals surface area contributed by atoms with Crippen molar-refractivity contribution in [3.05, 3.63) is 59.6 Å². The molecule has 1 amide bonds. The standard InChI is InChI=1S/C21H19F2N5O6S/c1-24-35(30,31)27-18-15(22)12(5-8-25-18)11-28-20(29)34-17-13(21(28)6-2-7-21)3-4-14(16(17)23)33-19-26-9-10-32-19/h3-5,8-10,24H,2,6-7,11H2,1H3,(H,25,27). The predicted molar refractivity (Wildman–Crippen MR) is 116 cm³/mol. The van der Waals surface area contributed by atoms with Crippen LogP contribution in [0.5, 0.6) is 17.6 Å². The lowest BCUT2D eigenvalue weighted by atomic mass is 9.69. The molecule has 1 saturated carbocycles. The van der Waals surface area contributed by atoms with E-state index in [9.17, 15) is 13.2 Å². The molecule has 0 atom stereocenters. The molecule has 2 N–H and O–H groups in total. The number of nitrogens with zero attached hydrogens (tertiary/aromatic N) is 3. The third-order valence-electron chi connectivity index (χ3n) is 6.07. The van der Waals surface area contributed by atoms with Crippen molar-refractivity contribution >= 4 is 22.1 Å². The summed E-state index contributed by atoms with van der Waals surface area (Å²) in [5, 5.41) is 0. The van der Waals surface area contributed by atoms with Gasteiger partial charge in [0.25, 0.3) is 10.2 Å². The maximum Gasteiger partial charge on any atom is 0.416 e. The molecule has 1 spiro atoms. The van der Waals surface area contributed by atoms with Gasteiger partial charge in [-0.15, -0.1) is 0 Å². The molecule has 0 saturated heterocycles. The van der Waals surface area contributed by atoms with Gasteiger partial charge >= 0.3 is 12.2 Å². The number of carbonyl (C=O) groups is 1. The molecule has 5 rings (SSSR count). The van der Waals surface area contributed by atoms with Gasteiger partial charge < -0.3 is 13.9 Å². The van der Waals surface area contributed by atoms with Crippen molar-refractivity contribution in [2.45, 2.75) is 31.3 Å². The third kappa shape index (κ3) is 3.93. The molecule has 3 aromatic rings. The average Bonchev–Trinajstić information content (AvgIpc) is 3.31. The summed E-state index contributed by atoms with van der Waals surface area (Å²) in [4.78, 5) is 21.9. The molecule has 0 bridgehead atoms. The van der Waals surface area contributed by atoms with Gasteiger partial charge in [-0.05, 0) is 37.5 Å². The van der Waals surface area contributed by atoms with Crippen LogP contribution in [0.1, 0.15) is 30.4 Å². The Labute approximate surface area is 198 Å². The van der Waals surface area contributed by atoms with E-state index < -0.39 is 39.3 Å². The van der Waals surface area contributed by atoms with Crippen molar-refractivity contribution in [3.8, 4) is 17.6 Å². The van der Waals surface area contributed by atoms with Crippen molar-refractivity contribution in [2.24, 2.45) is 0 Å². The van der Waals surface area contributed by atoms with Crippen molar-refractivity contribution in [1.29, 1.82) is 0 Å². The number of fused-ring (bicyclic) bond motifs is 2. The normalized spacial score (nSPS) is 16.4. The van der Waals surface area contributed by atoms with Crippen LogP contribution in [0.2, 0.25) is 0 Å². The second kappa shape index (κ2) is 8.46. The molecule has 0 unspecified atom stereocenters. The Morgan fingerprint density at radius 2 is 1.97 bits per heavy atom.